The summed E-state index contributed by atoms with van der Waals surface area (Å²) in [6.45, 7) is 7.34. The first-order valence-corrected chi connectivity index (χ1v) is 8.06. The SMILES string of the molecule is C=Cc1c(NC)ncnc1N(C)[C@H]1CN(C(=O)CC#N)CC[C@H]1C. The van der Waals surface area contributed by atoms with E-state index in [1.54, 1.807) is 11.0 Å². The highest BCUT2D eigenvalue weighted by Gasteiger charge is 2.32. The largest absolute Gasteiger partial charge is 0.372 e. The van der Waals surface area contributed by atoms with E-state index in [9.17, 15) is 4.79 Å². The summed E-state index contributed by atoms with van der Waals surface area (Å²) in [5.41, 5.74) is 0.843. The van der Waals surface area contributed by atoms with Crippen LogP contribution in [0.3, 0.4) is 0 Å². The van der Waals surface area contributed by atoms with Crippen LogP contribution in [0, 0.1) is 17.2 Å². The summed E-state index contributed by atoms with van der Waals surface area (Å²) < 4.78 is 0. The molecule has 7 heteroatoms. The van der Waals surface area contributed by atoms with Gasteiger partial charge in [-0.1, -0.05) is 19.6 Å². The zero-order valence-corrected chi connectivity index (χ0v) is 14.5. The second-order valence-corrected chi connectivity index (χ2v) is 6.03. The zero-order chi connectivity index (χ0) is 17.7. The van der Waals surface area contributed by atoms with E-state index < -0.39 is 0 Å². The Morgan fingerprint density at radius 1 is 1.62 bits per heavy atom. The van der Waals surface area contributed by atoms with Gasteiger partial charge in [0.2, 0.25) is 5.91 Å². The lowest BCUT2D eigenvalue weighted by Gasteiger charge is -2.42. The molecule has 0 bridgehead atoms. The van der Waals surface area contributed by atoms with Gasteiger partial charge in [0.25, 0.3) is 0 Å². The summed E-state index contributed by atoms with van der Waals surface area (Å²) in [6, 6.07) is 2.06. The van der Waals surface area contributed by atoms with Crippen LogP contribution in [0.1, 0.15) is 25.3 Å². The minimum Gasteiger partial charge on any atom is -0.372 e. The van der Waals surface area contributed by atoms with E-state index in [4.69, 9.17) is 5.26 Å². The summed E-state index contributed by atoms with van der Waals surface area (Å²) in [6.07, 6.45) is 4.10. The highest BCUT2D eigenvalue weighted by molar-refractivity contribution is 5.78. The molecule has 1 aliphatic heterocycles. The molecule has 0 aliphatic carbocycles. The van der Waals surface area contributed by atoms with Gasteiger partial charge in [-0.2, -0.15) is 5.26 Å². The molecule has 2 atom stereocenters. The molecular weight excluding hydrogens is 304 g/mol. The van der Waals surface area contributed by atoms with Crippen molar-refractivity contribution in [2.24, 2.45) is 5.92 Å². The monoisotopic (exact) mass is 328 g/mol. The smallest absolute Gasteiger partial charge is 0.236 e. The van der Waals surface area contributed by atoms with Gasteiger partial charge >= 0.3 is 0 Å². The number of carbonyl (C=O) groups excluding carboxylic acids is 1. The van der Waals surface area contributed by atoms with Crippen molar-refractivity contribution < 1.29 is 4.79 Å². The second kappa shape index (κ2) is 7.77. The third kappa shape index (κ3) is 3.48. The number of carbonyl (C=O) groups is 1. The number of amides is 1. The summed E-state index contributed by atoms with van der Waals surface area (Å²) in [5, 5.41) is 11.8. The molecule has 0 radical (unpaired) electrons. The van der Waals surface area contributed by atoms with Crippen LogP contribution in [-0.4, -0.2) is 54.0 Å². The van der Waals surface area contributed by atoms with Crippen LogP contribution in [0.2, 0.25) is 0 Å². The van der Waals surface area contributed by atoms with Crippen molar-refractivity contribution in [2.45, 2.75) is 25.8 Å². The molecule has 2 rings (SSSR count). The normalized spacial score (nSPS) is 20.2. The number of hydrogen-bond donors (Lipinski definition) is 1. The number of nitrogens with one attached hydrogen (secondary N) is 1. The fourth-order valence-electron chi connectivity index (χ4n) is 3.17. The molecule has 1 amide bonds. The Hall–Kier alpha value is -2.62. The third-order valence-corrected chi connectivity index (χ3v) is 4.64. The van der Waals surface area contributed by atoms with Crippen LogP contribution in [0.15, 0.2) is 12.9 Å². The van der Waals surface area contributed by atoms with Gasteiger partial charge in [0.15, 0.2) is 0 Å². The van der Waals surface area contributed by atoms with Crippen LogP contribution in [-0.2, 0) is 4.79 Å². The Kier molecular flexibility index (Phi) is 5.74. The molecule has 1 aromatic rings. The van der Waals surface area contributed by atoms with Crippen LogP contribution in [0.4, 0.5) is 11.6 Å². The van der Waals surface area contributed by atoms with Gasteiger partial charge in [-0.25, -0.2) is 9.97 Å². The maximum Gasteiger partial charge on any atom is 0.236 e. The molecule has 1 saturated heterocycles. The average Bonchev–Trinajstić information content (AvgIpc) is 2.60. The molecule has 1 aliphatic rings. The third-order valence-electron chi connectivity index (χ3n) is 4.64. The van der Waals surface area contributed by atoms with Crippen molar-refractivity contribution in [3.05, 3.63) is 18.5 Å². The minimum absolute atomic E-state index is 0.0693. The van der Waals surface area contributed by atoms with Gasteiger partial charge in [-0.3, -0.25) is 4.79 Å². The standard InChI is InChI=1S/C17H24N6O/c1-5-13-16(19-3)20-11-21-17(13)22(4)14-10-23(9-7-12(14)2)15(24)6-8-18/h5,11-12,14H,1,6-7,9-10H2,2-4H3,(H,19,20,21)/t12-,14+/m1/s1. The molecule has 0 spiro atoms. The first-order valence-electron chi connectivity index (χ1n) is 8.06. The average molecular weight is 328 g/mol. The molecule has 1 aromatic heterocycles. The van der Waals surface area contributed by atoms with E-state index in [1.807, 2.05) is 20.2 Å². The van der Waals surface area contributed by atoms with Gasteiger partial charge in [0, 0.05) is 27.2 Å². The fourth-order valence-corrected chi connectivity index (χ4v) is 3.17. The minimum atomic E-state index is -0.106. The molecule has 2 heterocycles. The molecule has 7 nitrogen and oxygen atoms in total. The van der Waals surface area contributed by atoms with E-state index in [0.717, 1.165) is 23.6 Å². The topological polar surface area (TPSA) is 85.2 Å². The summed E-state index contributed by atoms with van der Waals surface area (Å²) in [5.74, 6) is 1.82. The summed E-state index contributed by atoms with van der Waals surface area (Å²) in [7, 11) is 3.79. The molecule has 0 saturated carbocycles. The highest BCUT2D eigenvalue weighted by atomic mass is 16.2. The molecule has 1 N–H and O–H groups in total. The van der Waals surface area contributed by atoms with Crippen LogP contribution in [0.5, 0.6) is 0 Å². The predicted molar refractivity (Wildman–Crippen MR) is 94.5 cm³/mol. The zero-order valence-electron chi connectivity index (χ0n) is 14.5. The fraction of sp³-hybridized carbons (Fsp3) is 0.529. The number of nitrogens with zero attached hydrogens (tertiary/aromatic N) is 5. The molecule has 1 fully saturated rings. The lowest BCUT2D eigenvalue weighted by molar-refractivity contribution is -0.131. The Labute approximate surface area is 143 Å². The number of piperidine rings is 1. The number of hydrogen-bond acceptors (Lipinski definition) is 6. The van der Waals surface area contributed by atoms with E-state index >= 15 is 0 Å². The Balaban J connectivity index is 2.27. The first kappa shape index (κ1) is 17.7. The maximum atomic E-state index is 12.1. The van der Waals surface area contributed by atoms with Crippen molar-refractivity contribution in [1.82, 2.24) is 14.9 Å². The van der Waals surface area contributed by atoms with E-state index in [0.29, 0.717) is 19.0 Å². The van der Waals surface area contributed by atoms with Gasteiger partial charge in [0.05, 0.1) is 17.7 Å². The lowest BCUT2D eigenvalue weighted by Crippen LogP contribution is -2.53. The second-order valence-electron chi connectivity index (χ2n) is 6.03. The van der Waals surface area contributed by atoms with Crippen molar-refractivity contribution in [1.29, 1.82) is 5.26 Å². The number of likely N-dealkylation sites (N-methyl/N-ethyl adjacent to an activating group) is 1. The van der Waals surface area contributed by atoms with Crippen molar-refractivity contribution >= 4 is 23.6 Å². The van der Waals surface area contributed by atoms with Crippen LogP contribution < -0.4 is 10.2 Å². The van der Waals surface area contributed by atoms with Crippen LogP contribution >= 0.6 is 0 Å². The van der Waals surface area contributed by atoms with Gasteiger partial charge in [0.1, 0.15) is 24.4 Å². The van der Waals surface area contributed by atoms with Crippen LogP contribution in [0.25, 0.3) is 6.08 Å². The molecule has 0 unspecified atom stereocenters. The summed E-state index contributed by atoms with van der Waals surface area (Å²) >= 11 is 0. The molecular formula is C17H24N6O. The van der Waals surface area contributed by atoms with Gasteiger partial charge in [-0.15, -0.1) is 0 Å². The Bertz CT molecular complexity index is 653. The van der Waals surface area contributed by atoms with E-state index in [1.165, 1.54) is 6.33 Å². The highest BCUT2D eigenvalue weighted by Crippen LogP contribution is 2.29. The lowest BCUT2D eigenvalue weighted by atomic mass is 9.92. The van der Waals surface area contributed by atoms with Gasteiger partial charge in [-0.05, 0) is 12.3 Å². The number of likely N-dealkylation sites (tertiary alicyclic amines) is 1. The van der Waals surface area contributed by atoms with Gasteiger partial charge < -0.3 is 15.1 Å². The number of nitriles is 1. The van der Waals surface area contributed by atoms with E-state index in [-0.39, 0.29) is 18.4 Å². The number of rotatable bonds is 5. The Morgan fingerprint density at radius 3 is 3.00 bits per heavy atom. The molecule has 24 heavy (non-hydrogen) atoms. The first-order chi connectivity index (χ1) is 11.5. The number of anilines is 2. The Morgan fingerprint density at radius 2 is 2.38 bits per heavy atom. The van der Waals surface area contributed by atoms with Crippen molar-refractivity contribution in [2.75, 3.05) is 37.4 Å². The molecule has 0 aromatic carbocycles. The van der Waals surface area contributed by atoms with Crippen molar-refractivity contribution in [3.8, 4) is 6.07 Å². The quantitative estimate of drug-likeness (QED) is 0.886. The predicted octanol–water partition coefficient (Wildman–Crippen LogP) is 1.75. The van der Waals surface area contributed by atoms with E-state index in [2.05, 4.69) is 33.7 Å². The molecule has 128 valence electrons. The maximum absolute atomic E-state index is 12.1. The van der Waals surface area contributed by atoms with Crippen molar-refractivity contribution in [3.63, 3.8) is 0 Å². The number of aromatic nitrogens is 2. The summed E-state index contributed by atoms with van der Waals surface area (Å²) in [4.78, 5) is 24.6.